The molecule has 1 aromatic heterocycles. The van der Waals surface area contributed by atoms with E-state index in [1.807, 2.05) is 32.9 Å². The summed E-state index contributed by atoms with van der Waals surface area (Å²) >= 11 is 0. The summed E-state index contributed by atoms with van der Waals surface area (Å²) < 4.78 is 33.8. The van der Waals surface area contributed by atoms with Crippen LogP contribution in [0, 0.1) is 26.7 Å². The highest BCUT2D eigenvalue weighted by molar-refractivity contribution is 7.89. The fourth-order valence-corrected chi connectivity index (χ4v) is 4.89. The third-order valence-electron chi connectivity index (χ3n) is 4.21. The number of rotatable bonds is 8. The predicted molar refractivity (Wildman–Crippen MR) is 105 cm³/mol. The Hall–Kier alpha value is -2.12. The molecule has 2 aromatic rings. The molecule has 1 amide bonds. The van der Waals surface area contributed by atoms with Crippen LogP contribution in [0.25, 0.3) is 0 Å². The van der Waals surface area contributed by atoms with Crippen LogP contribution >= 0.6 is 0 Å². The number of hydrogen-bond acceptors (Lipinski definition) is 4. The Morgan fingerprint density at radius 3 is 2.30 bits per heavy atom. The summed E-state index contributed by atoms with van der Waals surface area (Å²) in [7, 11) is -3.83. The van der Waals surface area contributed by atoms with Crippen molar-refractivity contribution in [2.24, 2.45) is 5.92 Å². The second kappa shape index (κ2) is 8.71. The molecule has 0 saturated carbocycles. The Morgan fingerprint density at radius 1 is 1.15 bits per heavy atom. The first kappa shape index (κ1) is 21.2. The fraction of sp³-hybridized carbons (Fsp3) is 0.450. The van der Waals surface area contributed by atoms with E-state index in [2.05, 4.69) is 10.0 Å². The first-order valence-corrected chi connectivity index (χ1v) is 10.5. The third kappa shape index (κ3) is 5.68. The molecule has 0 fully saturated rings. The smallest absolute Gasteiger partial charge is 0.241 e. The van der Waals surface area contributed by atoms with Gasteiger partial charge in [0.15, 0.2) is 0 Å². The van der Waals surface area contributed by atoms with Gasteiger partial charge in [-0.3, -0.25) is 4.79 Å². The molecule has 0 bridgehead atoms. The van der Waals surface area contributed by atoms with Gasteiger partial charge in [-0.25, -0.2) is 8.42 Å². The summed E-state index contributed by atoms with van der Waals surface area (Å²) in [5, 5.41) is 2.74. The van der Waals surface area contributed by atoms with Crippen molar-refractivity contribution in [2.45, 2.75) is 58.5 Å². The van der Waals surface area contributed by atoms with Crippen LogP contribution in [0.1, 0.15) is 42.7 Å². The molecule has 1 aromatic carbocycles. The van der Waals surface area contributed by atoms with Crippen LogP contribution in [0.3, 0.4) is 0 Å². The highest BCUT2D eigenvalue weighted by atomic mass is 32.2. The summed E-state index contributed by atoms with van der Waals surface area (Å²) in [6.45, 7) is 9.57. The van der Waals surface area contributed by atoms with E-state index in [0.717, 1.165) is 5.56 Å². The summed E-state index contributed by atoms with van der Waals surface area (Å²) in [5.41, 5.74) is 2.33. The molecule has 0 aliphatic rings. The maximum atomic E-state index is 13.0. The molecule has 0 spiro atoms. The van der Waals surface area contributed by atoms with Gasteiger partial charge in [0, 0.05) is 0 Å². The minimum atomic E-state index is -3.83. The molecule has 27 heavy (non-hydrogen) atoms. The average Bonchev–Trinajstić information content (AvgIpc) is 3.03. The Labute approximate surface area is 161 Å². The van der Waals surface area contributed by atoms with Gasteiger partial charge in [-0.2, -0.15) is 4.72 Å². The topological polar surface area (TPSA) is 88.4 Å². The lowest BCUT2D eigenvalue weighted by Crippen LogP contribution is -2.47. The van der Waals surface area contributed by atoms with E-state index in [9.17, 15) is 13.2 Å². The fourth-order valence-electron chi connectivity index (χ4n) is 3.23. The molecule has 6 nitrogen and oxygen atoms in total. The monoisotopic (exact) mass is 392 g/mol. The highest BCUT2D eigenvalue weighted by Crippen LogP contribution is 2.22. The standard InChI is InChI=1S/C20H28N2O4S/c1-13(2)9-18(20(23)21-12-17-7-6-8-26-17)22-27(24,25)19-15(4)10-14(3)11-16(19)5/h6-8,10-11,13,18,22H,9,12H2,1-5H3,(H,21,23)/t18-/m1/s1. The SMILES string of the molecule is Cc1cc(C)c(S(=O)(=O)N[C@H](CC(C)C)C(=O)NCc2ccco2)c(C)c1. The van der Waals surface area contributed by atoms with Gasteiger partial charge in [0.2, 0.25) is 15.9 Å². The maximum Gasteiger partial charge on any atom is 0.241 e. The van der Waals surface area contributed by atoms with Crippen molar-refractivity contribution >= 4 is 15.9 Å². The number of sulfonamides is 1. The first-order chi connectivity index (χ1) is 12.6. The molecular weight excluding hydrogens is 364 g/mol. The molecule has 0 unspecified atom stereocenters. The van der Waals surface area contributed by atoms with E-state index in [1.165, 1.54) is 6.26 Å². The number of carbonyl (C=O) groups is 1. The highest BCUT2D eigenvalue weighted by Gasteiger charge is 2.28. The Kier molecular flexibility index (Phi) is 6.84. The van der Waals surface area contributed by atoms with Crippen LogP contribution in [0.2, 0.25) is 0 Å². The van der Waals surface area contributed by atoms with Crippen LogP contribution < -0.4 is 10.0 Å². The van der Waals surface area contributed by atoms with Gasteiger partial charge in [0.05, 0.1) is 17.7 Å². The Balaban J connectivity index is 2.22. The largest absolute Gasteiger partial charge is 0.467 e. The zero-order valence-corrected chi connectivity index (χ0v) is 17.3. The van der Waals surface area contributed by atoms with E-state index in [0.29, 0.717) is 23.3 Å². The van der Waals surface area contributed by atoms with E-state index in [1.54, 1.807) is 26.0 Å². The number of hydrogen-bond donors (Lipinski definition) is 2. The molecule has 148 valence electrons. The lowest BCUT2D eigenvalue weighted by molar-refractivity contribution is -0.123. The molecule has 1 atom stereocenters. The van der Waals surface area contributed by atoms with Crippen LogP contribution in [0.4, 0.5) is 0 Å². The van der Waals surface area contributed by atoms with Crippen molar-refractivity contribution in [3.05, 3.63) is 53.0 Å². The normalized spacial score (nSPS) is 13.0. The van der Waals surface area contributed by atoms with Crippen molar-refractivity contribution in [2.75, 3.05) is 0 Å². The number of carbonyl (C=O) groups excluding carboxylic acids is 1. The van der Waals surface area contributed by atoms with Crippen molar-refractivity contribution < 1.29 is 17.6 Å². The average molecular weight is 393 g/mol. The van der Waals surface area contributed by atoms with Crippen molar-refractivity contribution in [3.63, 3.8) is 0 Å². The van der Waals surface area contributed by atoms with E-state index in [4.69, 9.17) is 4.42 Å². The van der Waals surface area contributed by atoms with Crippen LogP contribution in [0.15, 0.2) is 39.8 Å². The molecule has 0 aliphatic heterocycles. The Bertz CT molecular complexity index is 864. The first-order valence-electron chi connectivity index (χ1n) is 9.00. The van der Waals surface area contributed by atoms with E-state index in [-0.39, 0.29) is 23.3 Å². The maximum absolute atomic E-state index is 13.0. The predicted octanol–water partition coefficient (Wildman–Crippen LogP) is 3.21. The molecule has 2 N–H and O–H groups in total. The van der Waals surface area contributed by atoms with Gasteiger partial charge in [0.25, 0.3) is 0 Å². The zero-order chi connectivity index (χ0) is 20.2. The van der Waals surface area contributed by atoms with Crippen LogP contribution in [0.5, 0.6) is 0 Å². The molecular formula is C20H28N2O4S. The number of aryl methyl sites for hydroxylation is 3. The van der Waals surface area contributed by atoms with Gasteiger partial charge in [-0.05, 0) is 56.4 Å². The molecule has 2 rings (SSSR count). The molecule has 7 heteroatoms. The van der Waals surface area contributed by atoms with Crippen LogP contribution in [-0.2, 0) is 21.4 Å². The molecule has 0 saturated heterocycles. The molecule has 0 radical (unpaired) electrons. The van der Waals surface area contributed by atoms with Gasteiger partial charge < -0.3 is 9.73 Å². The number of benzene rings is 1. The zero-order valence-electron chi connectivity index (χ0n) is 16.5. The van der Waals surface area contributed by atoms with Crippen molar-refractivity contribution in [3.8, 4) is 0 Å². The second-order valence-corrected chi connectivity index (χ2v) is 8.98. The lowest BCUT2D eigenvalue weighted by atomic mass is 10.0. The quantitative estimate of drug-likeness (QED) is 0.722. The number of amides is 1. The minimum Gasteiger partial charge on any atom is -0.467 e. The second-order valence-electron chi connectivity index (χ2n) is 7.33. The summed E-state index contributed by atoms with van der Waals surface area (Å²) in [4.78, 5) is 12.9. The minimum absolute atomic E-state index is 0.146. The van der Waals surface area contributed by atoms with Gasteiger partial charge >= 0.3 is 0 Å². The van der Waals surface area contributed by atoms with Crippen molar-refractivity contribution in [1.29, 1.82) is 0 Å². The van der Waals surface area contributed by atoms with Crippen molar-refractivity contribution in [1.82, 2.24) is 10.0 Å². The van der Waals surface area contributed by atoms with E-state index >= 15 is 0 Å². The third-order valence-corrected chi connectivity index (χ3v) is 5.99. The molecule has 1 heterocycles. The van der Waals surface area contributed by atoms with Crippen LogP contribution in [-0.4, -0.2) is 20.4 Å². The van der Waals surface area contributed by atoms with Gasteiger partial charge in [-0.1, -0.05) is 31.5 Å². The summed E-state index contributed by atoms with van der Waals surface area (Å²) in [5.74, 6) is 0.387. The number of nitrogens with one attached hydrogen (secondary N) is 2. The summed E-state index contributed by atoms with van der Waals surface area (Å²) in [6.07, 6.45) is 1.92. The van der Waals surface area contributed by atoms with Gasteiger partial charge in [0.1, 0.15) is 11.8 Å². The Morgan fingerprint density at radius 2 is 1.78 bits per heavy atom. The lowest BCUT2D eigenvalue weighted by Gasteiger charge is -2.21. The molecule has 0 aliphatic carbocycles. The van der Waals surface area contributed by atoms with Gasteiger partial charge in [-0.15, -0.1) is 0 Å². The number of furan rings is 1. The summed E-state index contributed by atoms with van der Waals surface area (Å²) in [6, 6.07) is 6.29. The van der Waals surface area contributed by atoms with E-state index < -0.39 is 16.1 Å².